The molecule has 132 valence electrons. The standard InChI is InChI=1S/C21H17N5O/c22-10-4-12-25(13-5-11-23)14-26-18-9-3-8-17-19(18)20(24-26)15-6-1-2-7-16(15)21(17)27/h1-3,6-9H,4-5,12-14H2. The average molecular weight is 355 g/mol. The Balaban J connectivity index is 1.81. The van der Waals surface area contributed by atoms with Crippen molar-refractivity contribution in [1.29, 1.82) is 10.5 Å². The third-order valence-electron chi connectivity index (χ3n) is 4.86. The number of aromatic nitrogens is 2. The number of hydrogen-bond donors (Lipinski definition) is 0. The van der Waals surface area contributed by atoms with E-state index in [1.165, 1.54) is 0 Å². The fraction of sp³-hybridized carbons (Fsp3) is 0.238. The molecule has 1 aromatic heterocycles. The van der Waals surface area contributed by atoms with Crippen LogP contribution in [0.25, 0.3) is 22.2 Å². The van der Waals surface area contributed by atoms with E-state index >= 15 is 0 Å². The first-order valence-corrected chi connectivity index (χ1v) is 8.84. The summed E-state index contributed by atoms with van der Waals surface area (Å²) in [6, 6.07) is 17.5. The average Bonchev–Trinajstić information content (AvgIpc) is 3.07. The summed E-state index contributed by atoms with van der Waals surface area (Å²) in [6.45, 7) is 1.62. The lowest BCUT2D eigenvalue weighted by Crippen LogP contribution is -2.29. The highest BCUT2D eigenvalue weighted by Crippen LogP contribution is 2.38. The number of fused-ring (bicyclic) bond motifs is 2. The summed E-state index contributed by atoms with van der Waals surface area (Å²) in [7, 11) is 0. The highest BCUT2D eigenvalue weighted by Gasteiger charge is 2.28. The molecule has 1 aliphatic rings. The molecule has 0 amide bonds. The van der Waals surface area contributed by atoms with Gasteiger partial charge in [-0.05, 0) is 6.07 Å². The SMILES string of the molecule is N#CCCN(CCC#N)Cn1nc2c3c(cccc31)C(=O)c1ccccc1-2. The summed E-state index contributed by atoms with van der Waals surface area (Å²) >= 11 is 0. The monoisotopic (exact) mass is 355 g/mol. The van der Waals surface area contributed by atoms with E-state index in [9.17, 15) is 4.79 Å². The molecule has 0 radical (unpaired) electrons. The Labute approximate surface area is 156 Å². The molecular formula is C21H17N5O. The van der Waals surface area contributed by atoms with Gasteiger partial charge in [0.05, 0.1) is 24.3 Å². The van der Waals surface area contributed by atoms with Gasteiger partial charge in [-0.3, -0.25) is 9.69 Å². The number of nitriles is 2. The van der Waals surface area contributed by atoms with Crippen LogP contribution in [-0.4, -0.2) is 33.6 Å². The number of benzene rings is 2. The number of carbonyl (C=O) groups excluding carboxylic acids is 1. The van der Waals surface area contributed by atoms with E-state index < -0.39 is 0 Å². The first-order valence-electron chi connectivity index (χ1n) is 8.84. The Kier molecular flexibility index (Phi) is 4.42. The molecule has 0 fully saturated rings. The van der Waals surface area contributed by atoms with Gasteiger partial charge in [-0.15, -0.1) is 0 Å². The number of carbonyl (C=O) groups is 1. The second-order valence-corrected chi connectivity index (χ2v) is 6.50. The number of hydrogen-bond acceptors (Lipinski definition) is 5. The number of ketones is 1. The Morgan fingerprint density at radius 1 is 0.926 bits per heavy atom. The minimum Gasteiger partial charge on any atom is -0.289 e. The topological polar surface area (TPSA) is 85.7 Å². The molecule has 4 rings (SSSR count). The Bertz CT molecular complexity index is 1100. The van der Waals surface area contributed by atoms with Gasteiger partial charge in [0, 0.05) is 48.0 Å². The molecule has 0 saturated heterocycles. The van der Waals surface area contributed by atoms with E-state index in [0.717, 1.165) is 22.2 Å². The van der Waals surface area contributed by atoms with E-state index in [4.69, 9.17) is 15.6 Å². The van der Waals surface area contributed by atoms with Crippen LogP contribution in [0.5, 0.6) is 0 Å². The molecule has 6 nitrogen and oxygen atoms in total. The zero-order valence-electron chi connectivity index (χ0n) is 14.7. The van der Waals surface area contributed by atoms with Crippen molar-refractivity contribution in [2.75, 3.05) is 13.1 Å². The molecule has 0 aliphatic heterocycles. The molecule has 6 heteroatoms. The molecule has 1 heterocycles. The summed E-state index contributed by atoms with van der Waals surface area (Å²) in [5.41, 5.74) is 3.91. The van der Waals surface area contributed by atoms with Crippen LogP contribution in [0.2, 0.25) is 0 Å². The van der Waals surface area contributed by atoms with Crippen LogP contribution in [0.1, 0.15) is 28.8 Å². The molecule has 2 aromatic carbocycles. The summed E-state index contributed by atoms with van der Waals surface area (Å²) < 4.78 is 1.87. The van der Waals surface area contributed by atoms with Crippen molar-refractivity contribution < 1.29 is 4.79 Å². The first kappa shape index (κ1) is 17.0. The summed E-state index contributed by atoms with van der Waals surface area (Å²) in [5, 5.41) is 23.5. The van der Waals surface area contributed by atoms with Crippen molar-refractivity contribution in [1.82, 2.24) is 14.7 Å². The highest BCUT2D eigenvalue weighted by molar-refractivity contribution is 6.25. The smallest absolute Gasteiger partial charge is 0.194 e. The largest absolute Gasteiger partial charge is 0.289 e. The minimum atomic E-state index is 0.0223. The van der Waals surface area contributed by atoms with Crippen LogP contribution < -0.4 is 0 Å². The molecule has 0 unspecified atom stereocenters. The molecule has 0 N–H and O–H groups in total. The summed E-state index contributed by atoms with van der Waals surface area (Å²) in [5.74, 6) is 0.0223. The maximum Gasteiger partial charge on any atom is 0.194 e. The molecule has 1 aliphatic carbocycles. The van der Waals surface area contributed by atoms with Crippen LogP contribution in [0.4, 0.5) is 0 Å². The van der Waals surface area contributed by atoms with Crippen LogP contribution in [0.3, 0.4) is 0 Å². The molecule has 0 bridgehead atoms. The van der Waals surface area contributed by atoms with Gasteiger partial charge in [0.1, 0.15) is 5.69 Å². The van der Waals surface area contributed by atoms with Gasteiger partial charge in [0.2, 0.25) is 0 Å². The maximum absolute atomic E-state index is 12.9. The van der Waals surface area contributed by atoms with Crippen molar-refractivity contribution in [3.8, 4) is 23.4 Å². The first-order chi connectivity index (χ1) is 13.2. The van der Waals surface area contributed by atoms with Gasteiger partial charge >= 0.3 is 0 Å². The van der Waals surface area contributed by atoms with Crippen LogP contribution >= 0.6 is 0 Å². The van der Waals surface area contributed by atoms with E-state index in [-0.39, 0.29) is 5.78 Å². The van der Waals surface area contributed by atoms with Crippen molar-refractivity contribution in [3.63, 3.8) is 0 Å². The highest BCUT2D eigenvalue weighted by atomic mass is 16.1. The van der Waals surface area contributed by atoms with Gasteiger partial charge in [-0.1, -0.05) is 36.4 Å². The van der Waals surface area contributed by atoms with Gasteiger partial charge in [0.25, 0.3) is 0 Å². The van der Waals surface area contributed by atoms with E-state index in [2.05, 4.69) is 12.1 Å². The maximum atomic E-state index is 12.9. The normalized spacial score (nSPS) is 12.0. The van der Waals surface area contributed by atoms with Gasteiger partial charge in [0.15, 0.2) is 5.78 Å². The van der Waals surface area contributed by atoms with Crippen LogP contribution in [-0.2, 0) is 6.67 Å². The van der Waals surface area contributed by atoms with Crippen LogP contribution in [0.15, 0.2) is 42.5 Å². The third-order valence-corrected chi connectivity index (χ3v) is 4.86. The van der Waals surface area contributed by atoms with Crippen molar-refractivity contribution >= 4 is 16.7 Å². The molecule has 3 aromatic rings. The second kappa shape index (κ2) is 7.03. The van der Waals surface area contributed by atoms with E-state index in [0.29, 0.717) is 43.7 Å². The predicted molar refractivity (Wildman–Crippen MR) is 101 cm³/mol. The quantitative estimate of drug-likeness (QED) is 0.529. The summed E-state index contributed by atoms with van der Waals surface area (Å²) in [6.07, 6.45) is 0.786. The zero-order valence-corrected chi connectivity index (χ0v) is 14.7. The molecule has 0 atom stereocenters. The van der Waals surface area contributed by atoms with Crippen molar-refractivity contribution in [2.45, 2.75) is 19.5 Å². The fourth-order valence-electron chi connectivity index (χ4n) is 3.61. The molecule has 0 spiro atoms. The van der Waals surface area contributed by atoms with E-state index in [1.807, 2.05) is 52.0 Å². The van der Waals surface area contributed by atoms with Crippen LogP contribution in [0, 0.1) is 22.7 Å². The minimum absolute atomic E-state index is 0.0223. The second-order valence-electron chi connectivity index (χ2n) is 6.50. The van der Waals surface area contributed by atoms with Gasteiger partial charge < -0.3 is 0 Å². The zero-order chi connectivity index (χ0) is 18.8. The lowest BCUT2D eigenvalue weighted by Gasteiger charge is -2.20. The predicted octanol–water partition coefficient (Wildman–Crippen LogP) is 3.33. The Morgan fingerprint density at radius 2 is 1.59 bits per heavy atom. The Hall–Kier alpha value is -3.48. The fourth-order valence-corrected chi connectivity index (χ4v) is 3.61. The lowest BCUT2D eigenvalue weighted by molar-refractivity contribution is 0.104. The molecular weight excluding hydrogens is 338 g/mol. The summed E-state index contributed by atoms with van der Waals surface area (Å²) in [4.78, 5) is 14.9. The third kappa shape index (κ3) is 2.87. The van der Waals surface area contributed by atoms with Gasteiger partial charge in [-0.25, -0.2) is 4.68 Å². The van der Waals surface area contributed by atoms with Crippen molar-refractivity contribution in [2.24, 2.45) is 0 Å². The van der Waals surface area contributed by atoms with Gasteiger partial charge in [-0.2, -0.15) is 15.6 Å². The lowest BCUT2D eigenvalue weighted by atomic mass is 9.87. The van der Waals surface area contributed by atoms with Crippen molar-refractivity contribution in [3.05, 3.63) is 53.6 Å². The molecule has 0 saturated carbocycles. The molecule has 27 heavy (non-hydrogen) atoms. The number of nitrogens with zero attached hydrogens (tertiary/aromatic N) is 5. The van der Waals surface area contributed by atoms with E-state index in [1.54, 1.807) is 0 Å². The number of rotatable bonds is 6. The Morgan fingerprint density at radius 3 is 2.30 bits per heavy atom.